The molecule has 0 saturated carbocycles. The molecule has 184 valence electrons. The van der Waals surface area contributed by atoms with Gasteiger partial charge in [-0.2, -0.15) is 0 Å². The van der Waals surface area contributed by atoms with Crippen LogP contribution in [-0.2, 0) is 12.8 Å². The van der Waals surface area contributed by atoms with Crippen molar-refractivity contribution in [1.82, 2.24) is 4.90 Å². The van der Waals surface area contributed by atoms with Crippen LogP contribution in [0.15, 0.2) is 54.6 Å². The Morgan fingerprint density at radius 2 is 1.71 bits per heavy atom. The third-order valence-electron chi connectivity index (χ3n) is 6.63. The Hall–Kier alpha value is -3.25. The van der Waals surface area contributed by atoms with E-state index >= 15 is 0 Å². The molecule has 0 fully saturated rings. The second-order valence-corrected chi connectivity index (χ2v) is 9.31. The van der Waals surface area contributed by atoms with E-state index in [1.807, 2.05) is 12.1 Å². The monoisotopic (exact) mass is 490 g/mol. The highest BCUT2D eigenvalue weighted by molar-refractivity contribution is 7.80. The van der Waals surface area contributed by atoms with Gasteiger partial charge in [0.15, 0.2) is 16.6 Å². The average molecular weight is 491 g/mol. The average Bonchev–Trinajstić information content (AvgIpc) is 2.88. The van der Waals surface area contributed by atoms with Crippen LogP contribution in [0.2, 0.25) is 0 Å². The van der Waals surface area contributed by atoms with Crippen molar-refractivity contribution < 1.29 is 14.2 Å². The Labute approximate surface area is 214 Å². The molecular formula is C29H34N2O3S. The van der Waals surface area contributed by atoms with Crippen molar-refractivity contribution in [2.24, 2.45) is 0 Å². The topological polar surface area (TPSA) is 43.0 Å². The zero-order valence-corrected chi connectivity index (χ0v) is 22.0. The third kappa shape index (κ3) is 5.54. The van der Waals surface area contributed by atoms with E-state index in [4.69, 9.17) is 26.4 Å². The van der Waals surface area contributed by atoms with Crippen LogP contribution in [0.5, 0.6) is 17.2 Å². The second kappa shape index (κ2) is 11.0. The van der Waals surface area contributed by atoms with E-state index in [0.717, 1.165) is 42.1 Å². The van der Waals surface area contributed by atoms with Crippen molar-refractivity contribution in [3.05, 3.63) is 82.4 Å². The summed E-state index contributed by atoms with van der Waals surface area (Å²) in [4.78, 5) is 2.23. The SMILES string of the molecule is CCc1ccc(OCC2c3cc(OC)c(OC)cc3CCN2C(=S)Nc2ccc(C)cc2C)cc1. The van der Waals surface area contributed by atoms with Crippen molar-refractivity contribution in [2.75, 3.05) is 32.7 Å². The number of hydrogen-bond donors (Lipinski definition) is 1. The van der Waals surface area contributed by atoms with Crippen molar-refractivity contribution >= 4 is 23.0 Å². The Balaban J connectivity index is 1.64. The first kappa shape index (κ1) is 24.9. The summed E-state index contributed by atoms with van der Waals surface area (Å²) in [6.07, 6.45) is 1.86. The van der Waals surface area contributed by atoms with E-state index in [1.165, 1.54) is 22.3 Å². The van der Waals surface area contributed by atoms with E-state index in [1.54, 1.807) is 14.2 Å². The van der Waals surface area contributed by atoms with Gasteiger partial charge in [-0.15, -0.1) is 0 Å². The first-order valence-electron chi connectivity index (χ1n) is 12.0. The quantitative estimate of drug-likeness (QED) is 0.395. The van der Waals surface area contributed by atoms with E-state index < -0.39 is 0 Å². The molecule has 35 heavy (non-hydrogen) atoms. The van der Waals surface area contributed by atoms with Gasteiger partial charge in [-0.05, 0) is 91.5 Å². The number of nitrogens with zero attached hydrogens (tertiary/aromatic N) is 1. The summed E-state index contributed by atoms with van der Waals surface area (Å²) in [5.41, 5.74) is 7.07. The van der Waals surface area contributed by atoms with Gasteiger partial charge in [0.1, 0.15) is 12.4 Å². The molecule has 6 heteroatoms. The number of nitrogens with one attached hydrogen (secondary N) is 1. The molecule has 1 heterocycles. The number of aryl methyl sites for hydroxylation is 3. The van der Waals surface area contributed by atoms with Gasteiger partial charge in [0.05, 0.1) is 20.3 Å². The van der Waals surface area contributed by atoms with Crippen LogP contribution >= 0.6 is 12.2 Å². The van der Waals surface area contributed by atoms with Crippen molar-refractivity contribution in [2.45, 2.75) is 39.7 Å². The molecule has 3 aromatic carbocycles. The van der Waals surface area contributed by atoms with Gasteiger partial charge in [0.25, 0.3) is 0 Å². The number of fused-ring (bicyclic) bond motifs is 1. The minimum absolute atomic E-state index is 0.0739. The molecule has 0 radical (unpaired) electrons. The van der Waals surface area contributed by atoms with Crippen molar-refractivity contribution in [3.63, 3.8) is 0 Å². The summed E-state index contributed by atoms with van der Waals surface area (Å²) in [5.74, 6) is 2.30. The molecule has 3 aromatic rings. The van der Waals surface area contributed by atoms with Crippen LogP contribution < -0.4 is 19.5 Å². The molecule has 0 aliphatic carbocycles. The standard InChI is InChI=1S/C29H34N2O3S/c1-6-21-8-10-23(11-9-21)34-18-26-24-17-28(33-5)27(32-4)16-22(24)13-14-31(26)29(35)30-25-12-7-19(2)15-20(25)3/h7-12,15-17,26H,6,13-14,18H2,1-5H3,(H,30,35). The molecule has 0 spiro atoms. The maximum Gasteiger partial charge on any atom is 0.174 e. The zero-order valence-electron chi connectivity index (χ0n) is 21.2. The van der Waals surface area contributed by atoms with Crippen LogP contribution in [0.4, 0.5) is 5.69 Å². The molecule has 5 nitrogen and oxygen atoms in total. The summed E-state index contributed by atoms with van der Waals surface area (Å²) in [5, 5.41) is 4.17. The summed E-state index contributed by atoms with van der Waals surface area (Å²) in [6, 6.07) is 18.7. The van der Waals surface area contributed by atoms with E-state index in [-0.39, 0.29) is 6.04 Å². The fourth-order valence-electron chi connectivity index (χ4n) is 4.59. The fourth-order valence-corrected chi connectivity index (χ4v) is 4.92. The predicted octanol–water partition coefficient (Wildman–Crippen LogP) is 6.26. The highest BCUT2D eigenvalue weighted by Crippen LogP contribution is 2.39. The molecule has 1 aliphatic rings. The van der Waals surface area contributed by atoms with E-state index in [0.29, 0.717) is 17.5 Å². The Bertz CT molecular complexity index is 1190. The summed E-state index contributed by atoms with van der Waals surface area (Å²) >= 11 is 5.93. The number of methoxy groups -OCH3 is 2. The lowest BCUT2D eigenvalue weighted by Crippen LogP contribution is -2.44. The molecule has 1 unspecified atom stereocenters. The van der Waals surface area contributed by atoms with Gasteiger partial charge in [0.2, 0.25) is 0 Å². The predicted molar refractivity (Wildman–Crippen MR) is 146 cm³/mol. The molecule has 1 atom stereocenters. The number of thiocarbonyl (C=S) groups is 1. The minimum Gasteiger partial charge on any atom is -0.493 e. The lowest BCUT2D eigenvalue weighted by molar-refractivity contribution is 0.190. The van der Waals surface area contributed by atoms with Gasteiger partial charge in [-0.3, -0.25) is 0 Å². The number of hydrogen-bond acceptors (Lipinski definition) is 4. The smallest absolute Gasteiger partial charge is 0.174 e. The number of rotatable bonds is 7. The van der Waals surface area contributed by atoms with Crippen LogP contribution in [-0.4, -0.2) is 37.4 Å². The number of benzene rings is 3. The first-order valence-corrected chi connectivity index (χ1v) is 12.5. The normalized spacial score (nSPS) is 14.8. The lowest BCUT2D eigenvalue weighted by Gasteiger charge is -2.39. The van der Waals surface area contributed by atoms with E-state index in [9.17, 15) is 0 Å². The van der Waals surface area contributed by atoms with Crippen LogP contribution in [0, 0.1) is 13.8 Å². The van der Waals surface area contributed by atoms with Gasteiger partial charge >= 0.3 is 0 Å². The summed E-state index contributed by atoms with van der Waals surface area (Å²) in [6.45, 7) is 7.59. The largest absolute Gasteiger partial charge is 0.493 e. The van der Waals surface area contributed by atoms with Crippen molar-refractivity contribution in [1.29, 1.82) is 0 Å². The molecule has 0 amide bonds. The molecule has 1 N–H and O–H groups in total. The highest BCUT2D eigenvalue weighted by atomic mass is 32.1. The summed E-state index contributed by atoms with van der Waals surface area (Å²) < 4.78 is 17.5. The number of anilines is 1. The molecule has 0 saturated heterocycles. The van der Waals surface area contributed by atoms with E-state index in [2.05, 4.69) is 73.5 Å². The van der Waals surface area contributed by atoms with Gasteiger partial charge in [-0.25, -0.2) is 0 Å². The van der Waals surface area contributed by atoms with Gasteiger partial charge in [-0.1, -0.05) is 36.8 Å². The van der Waals surface area contributed by atoms with Gasteiger partial charge in [0, 0.05) is 12.2 Å². The summed E-state index contributed by atoms with van der Waals surface area (Å²) in [7, 11) is 3.33. The molecule has 0 bridgehead atoms. The maximum absolute atomic E-state index is 6.30. The minimum atomic E-state index is -0.0739. The van der Waals surface area contributed by atoms with Crippen LogP contribution in [0.25, 0.3) is 0 Å². The molecular weight excluding hydrogens is 456 g/mol. The lowest BCUT2D eigenvalue weighted by atomic mass is 9.92. The molecule has 1 aliphatic heterocycles. The fraction of sp³-hybridized carbons (Fsp3) is 0.345. The zero-order chi connectivity index (χ0) is 24.9. The highest BCUT2D eigenvalue weighted by Gasteiger charge is 2.31. The maximum atomic E-state index is 6.30. The van der Waals surface area contributed by atoms with Crippen LogP contribution in [0.3, 0.4) is 0 Å². The Morgan fingerprint density at radius 3 is 2.37 bits per heavy atom. The Morgan fingerprint density at radius 1 is 1.00 bits per heavy atom. The third-order valence-corrected chi connectivity index (χ3v) is 6.96. The molecule has 4 rings (SSSR count). The first-order chi connectivity index (χ1) is 16.9. The second-order valence-electron chi connectivity index (χ2n) is 8.92. The van der Waals surface area contributed by atoms with Gasteiger partial charge < -0.3 is 24.4 Å². The molecule has 0 aromatic heterocycles. The Kier molecular flexibility index (Phi) is 7.81. The van der Waals surface area contributed by atoms with Crippen molar-refractivity contribution in [3.8, 4) is 17.2 Å². The number of ether oxygens (including phenoxy) is 3. The van der Waals surface area contributed by atoms with Crippen LogP contribution in [0.1, 0.15) is 40.8 Å².